The zero-order valence-electron chi connectivity index (χ0n) is 17.8. The van der Waals surface area contributed by atoms with Gasteiger partial charge < -0.3 is 24.3 Å². The molecule has 0 aliphatic heterocycles. The van der Waals surface area contributed by atoms with Gasteiger partial charge in [0.2, 0.25) is 5.91 Å². The molecule has 1 heterocycles. The lowest BCUT2D eigenvalue weighted by atomic mass is 9.97. The SMILES string of the molecule is CCC(=O)N[C@H](c1ccc(OC)c(OC)c1)c1nccc2cc(OC)c(OC)cc12. The highest BCUT2D eigenvalue weighted by atomic mass is 16.5. The van der Waals surface area contributed by atoms with Crippen molar-refractivity contribution in [3.63, 3.8) is 0 Å². The fourth-order valence-corrected chi connectivity index (χ4v) is 3.36. The Morgan fingerprint density at radius 1 is 0.900 bits per heavy atom. The minimum Gasteiger partial charge on any atom is -0.493 e. The van der Waals surface area contributed by atoms with E-state index in [4.69, 9.17) is 18.9 Å². The maximum atomic E-state index is 12.4. The van der Waals surface area contributed by atoms with Gasteiger partial charge in [0.05, 0.1) is 40.2 Å². The molecule has 7 heteroatoms. The van der Waals surface area contributed by atoms with Crippen LogP contribution in [0.2, 0.25) is 0 Å². The van der Waals surface area contributed by atoms with Crippen LogP contribution in [0.1, 0.15) is 30.6 Å². The molecule has 2 aromatic carbocycles. The van der Waals surface area contributed by atoms with Crippen LogP contribution in [-0.2, 0) is 4.79 Å². The van der Waals surface area contributed by atoms with Gasteiger partial charge in [0, 0.05) is 18.0 Å². The summed E-state index contributed by atoms with van der Waals surface area (Å²) in [7, 11) is 6.35. The highest BCUT2D eigenvalue weighted by molar-refractivity contribution is 5.89. The van der Waals surface area contributed by atoms with E-state index in [1.165, 1.54) is 0 Å². The monoisotopic (exact) mass is 410 g/mol. The number of carbonyl (C=O) groups excluding carboxylic acids is 1. The summed E-state index contributed by atoms with van der Waals surface area (Å²) in [4.78, 5) is 17.0. The summed E-state index contributed by atoms with van der Waals surface area (Å²) in [5.41, 5.74) is 1.52. The van der Waals surface area contributed by atoms with Gasteiger partial charge in [-0.2, -0.15) is 0 Å². The van der Waals surface area contributed by atoms with Crippen molar-refractivity contribution in [1.29, 1.82) is 0 Å². The van der Waals surface area contributed by atoms with E-state index in [1.807, 2.05) is 43.3 Å². The number of aromatic nitrogens is 1. The van der Waals surface area contributed by atoms with Crippen LogP contribution in [0.25, 0.3) is 10.8 Å². The third kappa shape index (κ3) is 4.10. The number of carbonyl (C=O) groups is 1. The maximum Gasteiger partial charge on any atom is 0.220 e. The summed E-state index contributed by atoms with van der Waals surface area (Å²) in [5, 5.41) is 4.85. The molecule has 30 heavy (non-hydrogen) atoms. The van der Waals surface area contributed by atoms with E-state index in [9.17, 15) is 4.79 Å². The van der Waals surface area contributed by atoms with Crippen LogP contribution in [0.3, 0.4) is 0 Å². The molecule has 0 saturated carbocycles. The van der Waals surface area contributed by atoms with Crippen molar-refractivity contribution < 1.29 is 23.7 Å². The Morgan fingerprint density at radius 3 is 2.17 bits per heavy atom. The molecule has 0 saturated heterocycles. The Hall–Kier alpha value is -3.48. The van der Waals surface area contributed by atoms with Gasteiger partial charge in [0.1, 0.15) is 0 Å². The van der Waals surface area contributed by atoms with Crippen molar-refractivity contribution in [1.82, 2.24) is 10.3 Å². The van der Waals surface area contributed by atoms with E-state index in [2.05, 4.69) is 10.3 Å². The third-order valence-electron chi connectivity index (χ3n) is 4.94. The molecule has 1 atom stereocenters. The number of nitrogens with one attached hydrogen (secondary N) is 1. The highest BCUT2D eigenvalue weighted by Gasteiger charge is 2.23. The zero-order valence-corrected chi connectivity index (χ0v) is 17.8. The molecule has 0 aliphatic carbocycles. The van der Waals surface area contributed by atoms with Gasteiger partial charge >= 0.3 is 0 Å². The average Bonchev–Trinajstić information content (AvgIpc) is 2.80. The lowest BCUT2D eigenvalue weighted by molar-refractivity contribution is -0.121. The lowest BCUT2D eigenvalue weighted by Gasteiger charge is -2.22. The molecule has 0 aliphatic rings. The van der Waals surface area contributed by atoms with Crippen molar-refractivity contribution in [2.24, 2.45) is 0 Å². The zero-order chi connectivity index (χ0) is 21.7. The second-order valence-electron chi connectivity index (χ2n) is 6.59. The Balaban J connectivity index is 2.22. The maximum absolute atomic E-state index is 12.4. The fourth-order valence-electron chi connectivity index (χ4n) is 3.36. The minimum atomic E-state index is -0.487. The predicted molar refractivity (Wildman–Crippen MR) is 115 cm³/mol. The number of pyridine rings is 1. The molecule has 0 unspecified atom stereocenters. The standard InChI is InChI=1S/C23H26N2O5/c1-6-21(26)25-22(15-7-8-17(27-2)18(12-15)28-3)23-16-13-20(30-5)19(29-4)11-14(16)9-10-24-23/h7-13,22H,6H2,1-5H3,(H,25,26)/t22-/m1/s1. The van der Waals surface area contributed by atoms with Crippen molar-refractivity contribution in [2.45, 2.75) is 19.4 Å². The van der Waals surface area contributed by atoms with Crippen molar-refractivity contribution >= 4 is 16.7 Å². The predicted octanol–water partition coefficient (Wildman–Crippen LogP) is 3.88. The number of rotatable bonds is 8. The molecule has 3 aromatic rings. The number of methoxy groups -OCH3 is 4. The van der Waals surface area contributed by atoms with E-state index >= 15 is 0 Å². The second kappa shape index (κ2) is 9.35. The summed E-state index contributed by atoms with van der Waals surface area (Å²) >= 11 is 0. The fraction of sp³-hybridized carbons (Fsp3) is 0.304. The number of fused-ring (bicyclic) bond motifs is 1. The van der Waals surface area contributed by atoms with Crippen LogP contribution >= 0.6 is 0 Å². The number of nitrogens with zero attached hydrogens (tertiary/aromatic N) is 1. The molecular weight excluding hydrogens is 384 g/mol. The first kappa shape index (κ1) is 21.2. The summed E-state index contributed by atoms with van der Waals surface area (Å²) in [6, 6.07) is 10.7. The number of ether oxygens (including phenoxy) is 4. The first-order chi connectivity index (χ1) is 14.6. The van der Waals surface area contributed by atoms with Crippen LogP contribution in [0, 0.1) is 0 Å². The molecule has 1 N–H and O–H groups in total. The molecule has 3 rings (SSSR count). The van der Waals surface area contributed by atoms with Gasteiger partial charge in [-0.25, -0.2) is 0 Å². The van der Waals surface area contributed by atoms with Crippen LogP contribution < -0.4 is 24.3 Å². The van der Waals surface area contributed by atoms with Crippen LogP contribution in [0.5, 0.6) is 23.0 Å². The number of benzene rings is 2. The third-order valence-corrected chi connectivity index (χ3v) is 4.94. The Morgan fingerprint density at radius 2 is 1.53 bits per heavy atom. The molecule has 0 bridgehead atoms. The summed E-state index contributed by atoms with van der Waals surface area (Å²) in [6.45, 7) is 1.81. The Kier molecular flexibility index (Phi) is 6.61. The van der Waals surface area contributed by atoms with Gasteiger partial charge in [-0.05, 0) is 41.3 Å². The molecule has 0 fully saturated rings. The summed E-state index contributed by atoms with van der Waals surface area (Å²) in [6.07, 6.45) is 2.07. The molecule has 0 spiro atoms. The molecule has 0 radical (unpaired) electrons. The number of hydrogen-bond donors (Lipinski definition) is 1. The second-order valence-corrected chi connectivity index (χ2v) is 6.59. The quantitative estimate of drug-likeness (QED) is 0.607. The average molecular weight is 410 g/mol. The molecule has 7 nitrogen and oxygen atoms in total. The smallest absolute Gasteiger partial charge is 0.220 e. The van der Waals surface area contributed by atoms with E-state index in [-0.39, 0.29) is 5.91 Å². The largest absolute Gasteiger partial charge is 0.493 e. The van der Waals surface area contributed by atoms with Crippen molar-refractivity contribution in [3.05, 3.63) is 53.9 Å². The lowest BCUT2D eigenvalue weighted by Crippen LogP contribution is -2.29. The summed E-state index contributed by atoms with van der Waals surface area (Å²) < 4.78 is 21.7. The van der Waals surface area contributed by atoms with Crippen molar-refractivity contribution in [3.8, 4) is 23.0 Å². The molecule has 1 aromatic heterocycles. The highest BCUT2D eigenvalue weighted by Crippen LogP contribution is 2.37. The number of hydrogen-bond acceptors (Lipinski definition) is 6. The molecule has 158 valence electrons. The Bertz CT molecular complexity index is 1050. The van der Waals surface area contributed by atoms with Gasteiger partial charge in [-0.3, -0.25) is 9.78 Å². The normalized spacial score (nSPS) is 11.6. The van der Waals surface area contributed by atoms with E-state index in [0.717, 1.165) is 16.3 Å². The first-order valence-corrected chi connectivity index (χ1v) is 9.58. The van der Waals surface area contributed by atoms with Crippen LogP contribution in [0.15, 0.2) is 42.6 Å². The van der Waals surface area contributed by atoms with Gasteiger partial charge in [0.15, 0.2) is 23.0 Å². The van der Waals surface area contributed by atoms with Gasteiger partial charge in [0.25, 0.3) is 0 Å². The topological polar surface area (TPSA) is 78.9 Å². The number of amides is 1. The van der Waals surface area contributed by atoms with E-state index in [0.29, 0.717) is 35.1 Å². The van der Waals surface area contributed by atoms with Crippen LogP contribution in [-0.4, -0.2) is 39.3 Å². The van der Waals surface area contributed by atoms with Crippen molar-refractivity contribution in [2.75, 3.05) is 28.4 Å². The van der Waals surface area contributed by atoms with Gasteiger partial charge in [-0.1, -0.05) is 13.0 Å². The van der Waals surface area contributed by atoms with Crippen LogP contribution in [0.4, 0.5) is 0 Å². The van der Waals surface area contributed by atoms with E-state index in [1.54, 1.807) is 34.6 Å². The van der Waals surface area contributed by atoms with E-state index < -0.39 is 6.04 Å². The van der Waals surface area contributed by atoms with Gasteiger partial charge in [-0.15, -0.1) is 0 Å². The molecular formula is C23H26N2O5. The Labute approximate surface area is 175 Å². The molecule has 1 amide bonds. The summed E-state index contributed by atoms with van der Waals surface area (Å²) in [5.74, 6) is 2.31. The first-order valence-electron chi connectivity index (χ1n) is 9.58. The minimum absolute atomic E-state index is 0.0888.